The molecule has 1 rings (SSSR count). The summed E-state index contributed by atoms with van der Waals surface area (Å²) in [7, 11) is 0. The second-order valence-electron chi connectivity index (χ2n) is 3.62. The Hall–Kier alpha value is -1.02. The fourth-order valence-corrected chi connectivity index (χ4v) is 1.35. The Morgan fingerprint density at radius 3 is 2.79 bits per heavy atom. The van der Waals surface area contributed by atoms with Gasteiger partial charge in [-0.25, -0.2) is 0 Å². The highest BCUT2D eigenvalue weighted by Crippen LogP contribution is 2.12. The van der Waals surface area contributed by atoms with Crippen molar-refractivity contribution in [2.24, 2.45) is 0 Å². The molecule has 0 bridgehead atoms. The molecule has 0 saturated heterocycles. The molecule has 0 aromatic carbocycles. The highest BCUT2D eigenvalue weighted by molar-refractivity contribution is 5.48. The quantitative estimate of drug-likeness (QED) is 0.795. The van der Waals surface area contributed by atoms with Gasteiger partial charge in [0.15, 0.2) is 0 Å². The molecule has 1 heterocycles. The molecule has 78 valence electrons. The van der Waals surface area contributed by atoms with Crippen LogP contribution in [0.4, 0.5) is 0 Å². The fourth-order valence-electron chi connectivity index (χ4n) is 1.35. The molecule has 0 radical (unpaired) electrons. The first-order valence-electron chi connectivity index (χ1n) is 5.11. The van der Waals surface area contributed by atoms with Crippen molar-refractivity contribution in [2.45, 2.75) is 33.7 Å². The molecule has 0 aliphatic carbocycles. The molecule has 1 N–H and O–H groups in total. The summed E-state index contributed by atoms with van der Waals surface area (Å²) in [6.45, 7) is 9.33. The Kier molecular flexibility index (Phi) is 3.96. The van der Waals surface area contributed by atoms with Crippen LogP contribution in [0.2, 0.25) is 0 Å². The van der Waals surface area contributed by atoms with Gasteiger partial charge in [0.1, 0.15) is 11.5 Å². The van der Waals surface area contributed by atoms with E-state index >= 15 is 0 Å². The Bertz CT molecular complexity index is 312. The standard InChI is InChI=1S/C12H19NO/c1-5-13-11(4)9(2)8-12-7-6-10(3)14-12/h6-8,11,13H,5H2,1-4H3/b9-8+. The largest absolute Gasteiger partial charge is 0.462 e. The van der Waals surface area contributed by atoms with Gasteiger partial charge in [-0.1, -0.05) is 12.5 Å². The lowest BCUT2D eigenvalue weighted by atomic mass is 10.1. The van der Waals surface area contributed by atoms with E-state index in [1.54, 1.807) is 0 Å². The molecule has 0 spiro atoms. The first-order chi connectivity index (χ1) is 6.63. The average molecular weight is 193 g/mol. The van der Waals surface area contributed by atoms with Crippen molar-refractivity contribution < 1.29 is 4.42 Å². The summed E-state index contributed by atoms with van der Waals surface area (Å²) in [6.07, 6.45) is 2.08. The SMILES string of the molecule is CCNC(C)/C(C)=C/c1ccc(C)o1. The number of hydrogen-bond acceptors (Lipinski definition) is 2. The maximum absolute atomic E-state index is 5.48. The molecule has 0 amide bonds. The van der Waals surface area contributed by atoms with E-state index in [4.69, 9.17) is 4.42 Å². The number of nitrogens with one attached hydrogen (secondary N) is 1. The molecule has 0 saturated carbocycles. The Morgan fingerprint density at radius 1 is 1.57 bits per heavy atom. The molecule has 1 unspecified atom stereocenters. The molecule has 14 heavy (non-hydrogen) atoms. The van der Waals surface area contributed by atoms with Crippen LogP contribution in [0.5, 0.6) is 0 Å². The van der Waals surface area contributed by atoms with Crippen molar-refractivity contribution in [3.63, 3.8) is 0 Å². The minimum Gasteiger partial charge on any atom is -0.462 e. The number of aryl methyl sites for hydroxylation is 1. The highest BCUT2D eigenvalue weighted by Gasteiger charge is 2.02. The maximum Gasteiger partial charge on any atom is 0.127 e. The minimum absolute atomic E-state index is 0.408. The zero-order valence-corrected chi connectivity index (χ0v) is 9.42. The third-order valence-electron chi connectivity index (χ3n) is 2.32. The third-order valence-corrected chi connectivity index (χ3v) is 2.32. The smallest absolute Gasteiger partial charge is 0.127 e. The average Bonchev–Trinajstić information content (AvgIpc) is 2.51. The monoisotopic (exact) mass is 193 g/mol. The Balaban J connectivity index is 2.67. The van der Waals surface area contributed by atoms with Gasteiger partial charge >= 0.3 is 0 Å². The molecular formula is C12H19NO. The zero-order chi connectivity index (χ0) is 10.6. The van der Waals surface area contributed by atoms with Crippen LogP contribution >= 0.6 is 0 Å². The van der Waals surface area contributed by atoms with Gasteiger partial charge in [0.05, 0.1) is 0 Å². The summed E-state index contributed by atoms with van der Waals surface area (Å²) in [4.78, 5) is 0. The Labute approximate surface area is 86.0 Å². The molecule has 0 aliphatic rings. The molecule has 0 aliphatic heterocycles. The maximum atomic E-state index is 5.48. The first kappa shape index (κ1) is 11.1. The van der Waals surface area contributed by atoms with Crippen molar-refractivity contribution in [1.82, 2.24) is 5.32 Å². The van der Waals surface area contributed by atoms with E-state index in [9.17, 15) is 0 Å². The van der Waals surface area contributed by atoms with Crippen LogP contribution in [0, 0.1) is 6.92 Å². The van der Waals surface area contributed by atoms with Crippen LogP contribution in [0.1, 0.15) is 32.3 Å². The third kappa shape index (κ3) is 3.04. The van der Waals surface area contributed by atoms with Gasteiger partial charge in [0, 0.05) is 6.04 Å². The second kappa shape index (κ2) is 5.01. The zero-order valence-electron chi connectivity index (χ0n) is 9.42. The lowest BCUT2D eigenvalue weighted by Gasteiger charge is -2.12. The lowest BCUT2D eigenvalue weighted by molar-refractivity contribution is 0.523. The summed E-state index contributed by atoms with van der Waals surface area (Å²) in [6, 6.07) is 4.39. The number of rotatable bonds is 4. The van der Waals surface area contributed by atoms with Crippen molar-refractivity contribution in [3.05, 3.63) is 29.2 Å². The van der Waals surface area contributed by atoms with Crippen molar-refractivity contribution in [3.8, 4) is 0 Å². The van der Waals surface area contributed by atoms with Gasteiger partial charge in [-0.05, 0) is 45.5 Å². The molecule has 2 heteroatoms. The van der Waals surface area contributed by atoms with E-state index in [1.165, 1.54) is 5.57 Å². The summed E-state index contributed by atoms with van der Waals surface area (Å²) in [5.41, 5.74) is 1.29. The molecule has 1 atom stereocenters. The van der Waals surface area contributed by atoms with Gasteiger partial charge in [-0.3, -0.25) is 0 Å². The molecule has 2 nitrogen and oxygen atoms in total. The van der Waals surface area contributed by atoms with Crippen LogP contribution in [0.25, 0.3) is 6.08 Å². The normalized spacial score (nSPS) is 14.4. The summed E-state index contributed by atoms with van der Waals surface area (Å²) < 4.78 is 5.48. The van der Waals surface area contributed by atoms with Gasteiger partial charge < -0.3 is 9.73 Å². The van der Waals surface area contributed by atoms with E-state index in [-0.39, 0.29) is 0 Å². The molecule has 1 aromatic rings. The lowest BCUT2D eigenvalue weighted by Crippen LogP contribution is -2.26. The highest BCUT2D eigenvalue weighted by atomic mass is 16.3. The van der Waals surface area contributed by atoms with Crippen LogP contribution < -0.4 is 5.32 Å². The topological polar surface area (TPSA) is 25.2 Å². The van der Waals surface area contributed by atoms with Gasteiger partial charge in [-0.2, -0.15) is 0 Å². The summed E-state index contributed by atoms with van der Waals surface area (Å²) in [5.74, 6) is 1.89. The van der Waals surface area contributed by atoms with Crippen molar-refractivity contribution >= 4 is 6.08 Å². The predicted molar refractivity (Wildman–Crippen MR) is 60.2 cm³/mol. The Morgan fingerprint density at radius 2 is 2.29 bits per heavy atom. The van der Waals surface area contributed by atoms with Crippen LogP contribution in [-0.4, -0.2) is 12.6 Å². The van der Waals surface area contributed by atoms with E-state index in [1.807, 2.05) is 19.1 Å². The van der Waals surface area contributed by atoms with E-state index in [2.05, 4.69) is 32.2 Å². The number of furan rings is 1. The van der Waals surface area contributed by atoms with Crippen molar-refractivity contribution in [1.29, 1.82) is 0 Å². The van der Waals surface area contributed by atoms with Crippen LogP contribution in [0.15, 0.2) is 22.1 Å². The van der Waals surface area contributed by atoms with Crippen LogP contribution in [0.3, 0.4) is 0 Å². The van der Waals surface area contributed by atoms with E-state index in [0.717, 1.165) is 18.1 Å². The van der Waals surface area contributed by atoms with Crippen LogP contribution in [-0.2, 0) is 0 Å². The molecule has 1 aromatic heterocycles. The number of likely N-dealkylation sites (N-methyl/N-ethyl adjacent to an activating group) is 1. The van der Waals surface area contributed by atoms with Gasteiger partial charge in [0.2, 0.25) is 0 Å². The van der Waals surface area contributed by atoms with Gasteiger partial charge in [-0.15, -0.1) is 0 Å². The van der Waals surface area contributed by atoms with E-state index in [0.29, 0.717) is 6.04 Å². The minimum atomic E-state index is 0.408. The van der Waals surface area contributed by atoms with Gasteiger partial charge in [0.25, 0.3) is 0 Å². The second-order valence-corrected chi connectivity index (χ2v) is 3.62. The summed E-state index contributed by atoms with van der Waals surface area (Å²) in [5, 5.41) is 3.36. The number of hydrogen-bond donors (Lipinski definition) is 1. The fraction of sp³-hybridized carbons (Fsp3) is 0.500. The van der Waals surface area contributed by atoms with E-state index < -0.39 is 0 Å². The molecule has 0 fully saturated rings. The summed E-state index contributed by atoms with van der Waals surface area (Å²) >= 11 is 0. The first-order valence-corrected chi connectivity index (χ1v) is 5.11. The molecular weight excluding hydrogens is 174 g/mol. The van der Waals surface area contributed by atoms with Crippen molar-refractivity contribution in [2.75, 3.05) is 6.54 Å². The predicted octanol–water partition coefficient (Wildman–Crippen LogP) is 2.99.